The molecule has 1 aromatic rings. The van der Waals surface area contributed by atoms with Crippen molar-refractivity contribution < 1.29 is 19.1 Å². The van der Waals surface area contributed by atoms with Crippen LogP contribution in [0.3, 0.4) is 0 Å². The quantitative estimate of drug-likeness (QED) is 0.774. The van der Waals surface area contributed by atoms with Gasteiger partial charge in [-0.1, -0.05) is 30.5 Å². The lowest BCUT2D eigenvalue weighted by Crippen LogP contribution is -2.37. The van der Waals surface area contributed by atoms with Crippen molar-refractivity contribution in [2.24, 2.45) is 0 Å². The van der Waals surface area contributed by atoms with Crippen molar-refractivity contribution >= 4 is 23.5 Å². The minimum atomic E-state index is -0.801. The van der Waals surface area contributed by atoms with Crippen LogP contribution in [-0.2, 0) is 14.3 Å². The van der Waals surface area contributed by atoms with Crippen molar-refractivity contribution in [3.63, 3.8) is 0 Å². The highest BCUT2D eigenvalue weighted by molar-refractivity contribution is 6.30. The number of amides is 1. The monoisotopic (exact) mass is 339 g/mol. The lowest BCUT2D eigenvalue weighted by molar-refractivity contribution is -0.157. The molecular weight excluding hydrogens is 318 g/mol. The first-order valence-corrected chi connectivity index (χ1v) is 8.30. The number of halogens is 1. The predicted molar refractivity (Wildman–Crippen MR) is 87.5 cm³/mol. The van der Waals surface area contributed by atoms with Crippen molar-refractivity contribution in [1.82, 2.24) is 4.90 Å². The Bertz CT molecular complexity index is 541. The van der Waals surface area contributed by atoms with Crippen molar-refractivity contribution in [3.8, 4) is 5.75 Å². The molecule has 1 fully saturated rings. The van der Waals surface area contributed by atoms with Gasteiger partial charge >= 0.3 is 5.97 Å². The molecule has 1 saturated heterocycles. The summed E-state index contributed by atoms with van der Waals surface area (Å²) in [6, 6.07) is 6.78. The largest absolute Gasteiger partial charge is 0.479 e. The van der Waals surface area contributed by atoms with Gasteiger partial charge in [0, 0.05) is 18.1 Å². The van der Waals surface area contributed by atoms with E-state index in [1.165, 1.54) is 0 Å². The van der Waals surface area contributed by atoms with Gasteiger partial charge in [-0.25, -0.2) is 4.79 Å². The molecule has 0 aliphatic carbocycles. The summed E-state index contributed by atoms with van der Waals surface area (Å²) in [6.45, 7) is 2.83. The van der Waals surface area contributed by atoms with Crippen LogP contribution in [0.15, 0.2) is 24.3 Å². The zero-order valence-corrected chi connectivity index (χ0v) is 14.1. The second-order valence-electron chi connectivity index (χ2n) is 5.62. The smallest absolute Gasteiger partial charge is 0.347 e. The van der Waals surface area contributed by atoms with Gasteiger partial charge in [-0.05, 0) is 38.0 Å². The summed E-state index contributed by atoms with van der Waals surface area (Å²) in [7, 11) is 0. The number of hydrogen-bond acceptors (Lipinski definition) is 4. The third-order valence-electron chi connectivity index (χ3n) is 3.74. The van der Waals surface area contributed by atoms with E-state index in [2.05, 4.69) is 0 Å². The van der Waals surface area contributed by atoms with Crippen molar-refractivity contribution in [3.05, 3.63) is 29.3 Å². The number of benzene rings is 1. The molecule has 2 rings (SSSR count). The van der Waals surface area contributed by atoms with Gasteiger partial charge in [0.15, 0.2) is 12.7 Å². The van der Waals surface area contributed by atoms with Gasteiger partial charge in [0.2, 0.25) is 0 Å². The molecule has 0 N–H and O–H groups in total. The average molecular weight is 340 g/mol. The molecule has 1 aromatic carbocycles. The minimum absolute atomic E-state index is 0.143. The molecule has 0 saturated carbocycles. The van der Waals surface area contributed by atoms with E-state index in [1.807, 2.05) is 0 Å². The van der Waals surface area contributed by atoms with Crippen LogP contribution in [0.5, 0.6) is 5.75 Å². The van der Waals surface area contributed by atoms with Crippen LogP contribution in [-0.4, -0.2) is 42.6 Å². The number of ether oxygens (including phenoxy) is 2. The molecule has 0 bridgehead atoms. The van der Waals surface area contributed by atoms with Crippen LogP contribution < -0.4 is 4.74 Å². The molecule has 5 nitrogen and oxygen atoms in total. The number of hydrogen-bond donors (Lipinski definition) is 0. The van der Waals surface area contributed by atoms with Crippen LogP contribution >= 0.6 is 11.6 Å². The van der Waals surface area contributed by atoms with E-state index in [0.29, 0.717) is 10.8 Å². The first kappa shape index (κ1) is 17.6. The zero-order valence-electron chi connectivity index (χ0n) is 13.3. The molecule has 23 heavy (non-hydrogen) atoms. The Morgan fingerprint density at radius 3 is 2.57 bits per heavy atom. The van der Waals surface area contributed by atoms with E-state index < -0.39 is 12.1 Å². The normalized spacial score (nSPS) is 16.3. The summed E-state index contributed by atoms with van der Waals surface area (Å²) in [5.74, 6) is -0.218. The summed E-state index contributed by atoms with van der Waals surface area (Å²) >= 11 is 5.86. The number of esters is 1. The first-order valence-electron chi connectivity index (χ1n) is 7.93. The van der Waals surface area contributed by atoms with Gasteiger partial charge in [-0.2, -0.15) is 0 Å². The summed E-state index contributed by atoms with van der Waals surface area (Å²) in [4.78, 5) is 25.8. The van der Waals surface area contributed by atoms with Crippen molar-refractivity contribution in [2.75, 3.05) is 19.7 Å². The topological polar surface area (TPSA) is 55.8 Å². The highest BCUT2D eigenvalue weighted by Gasteiger charge is 2.21. The molecule has 1 heterocycles. The lowest BCUT2D eigenvalue weighted by atomic mass is 10.2. The first-order chi connectivity index (χ1) is 11.1. The molecule has 126 valence electrons. The molecule has 1 aliphatic heterocycles. The Hall–Kier alpha value is -1.75. The van der Waals surface area contributed by atoms with Gasteiger partial charge in [-0.15, -0.1) is 0 Å². The Balaban J connectivity index is 1.78. The van der Waals surface area contributed by atoms with Crippen molar-refractivity contribution in [1.29, 1.82) is 0 Å². The zero-order chi connectivity index (χ0) is 16.7. The molecule has 1 unspecified atom stereocenters. The standard InChI is InChI=1S/C17H22ClNO4/c1-13(23-15-8-6-7-14(18)11-15)17(21)22-12-16(20)19-9-4-2-3-5-10-19/h6-8,11,13H,2-5,9-10,12H2,1H3. The average Bonchev–Trinajstić information content (AvgIpc) is 2.81. The fourth-order valence-electron chi connectivity index (χ4n) is 2.45. The van der Waals surface area contributed by atoms with Gasteiger partial charge in [0.05, 0.1) is 0 Å². The summed E-state index contributed by atoms with van der Waals surface area (Å²) in [6.07, 6.45) is 3.51. The SMILES string of the molecule is CC(Oc1cccc(Cl)c1)C(=O)OCC(=O)N1CCCCCC1. The highest BCUT2D eigenvalue weighted by Crippen LogP contribution is 2.18. The van der Waals surface area contributed by atoms with Gasteiger partial charge < -0.3 is 14.4 Å². The van der Waals surface area contributed by atoms with Gasteiger partial charge in [0.1, 0.15) is 5.75 Å². The van der Waals surface area contributed by atoms with E-state index in [4.69, 9.17) is 21.1 Å². The molecule has 1 amide bonds. The molecule has 1 atom stereocenters. The van der Waals surface area contributed by atoms with Crippen molar-refractivity contribution in [2.45, 2.75) is 38.7 Å². The number of nitrogens with zero attached hydrogens (tertiary/aromatic N) is 1. The predicted octanol–water partition coefficient (Wildman–Crippen LogP) is 3.05. The van der Waals surface area contributed by atoms with Crippen LogP contribution in [0.4, 0.5) is 0 Å². The van der Waals surface area contributed by atoms with E-state index in [9.17, 15) is 9.59 Å². The maximum atomic E-state index is 12.1. The summed E-state index contributed by atoms with van der Waals surface area (Å²) in [5, 5.41) is 0.527. The highest BCUT2D eigenvalue weighted by atomic mass is 35.5. The van der Waals surface area contributed by atoms with Crippen LogP contribution in [0.2, 0.25) is 5.02 Å². The fourth-order valence-corrected chi connectivity index (χ4v) is 2.63. The van der Waals surface area contributed by atoms with E-state index in [0.717, 1.165) is 38.8 Å². The third kappa shape index (κ3) is 5.75. The number of carbonyl (C=O) groups is 2. The maximum absolute atomic E-state index is 12.1. The van der Waals surface area contributed by atoms with Gasteiger partial charge in [-0.3, -0.25) is 4.79 Å². The second-order valence-corrected chi connectivity index (χ2v) is 6.06. The second kappa shape index (κ2) is 8.77. The maximum Gasteiger partial charge on any atom is 0.347 e. The van der Waals surface area contributed by atoms with E-state index >= 15 is 0 Å². The molecular formula is C17H22ClNO4. The van der Waals surface area contributed by atoms with Crippen LogP contribution in [0.1, 0.15) is 32.6 Å². The summed E-state index contributed by atoms with van der Waals surface area (Å²) < 4.78 is 10.5. The van der Waals surface area contributed by atoms with E-state index in [-0.39, 0.29) is 12.5 Å². The van der Waals surface area contributed by atoms with E-state index in [1.54, 1.807) is 36.1 Å². The molecule has 1 aliphatic rings. The third-order valence-corrected chi connectivity index (χ3v) is 3.97. The number of rotatable bonds is 5. The number of carbonyl (C=O) groups excluding carboxylic acids is 2. The Labute approximate surface area is 141 Å². The molecule has 0 spiro atoms. The Morgan fingerprint density at radius 2 is 1.91 bits per heavy atom. The molecule has 0 aromatic heterocycles. The number of likely N-dealkylation sites (tertiary alicyclic amines) is 1. The van der Waals surface area contributed by atoms with Gasteiger partial charge in [0.25, 0.3) is 5.91 Å². The van der Waals surface area contributed by atoms with Crippen LogP contribution in [0, 0.1) is 0 Å². The lowest BCUT2D eigenvalue weighted by Gasteiger charge is -2.20. The van der Waals surface area contributed by atoms with Crippen LogP contribution in [0.25, 0.3) is 0 Å². The minimum Gasteiger partial charge on any atom is -0.479 e. The fraction of sp³-hybridized carbons (Fsp3) is 0.529. The molecule has 0 radical (unpaired) electrons. The summed E-state index contributed by atoms with van der Waals surface area (Å²) in [5.41, 5.74) is 0. The Morgan fingerprint density at radius 1 is 1.22 bits per heavy atom. The molecule has 6 heteroatoms. The Kier molecular flexibility index (Phi) is 6.71.